The van der Waals surface area contributed by atoms with Gasteiger partial charge in [0.2, 0.25) is 0 Å². The van der Waals surface area contributed by atoms with Crippen LogP contribution in [-0.4, -0.2) is 27.9 Å². The zero-order valence-electron chi connectivity index (χ0n) is 13.7. The number of carbonyl (C=O) groups excluding carboxylic acids is 3. The number of hydrogen-bond donors (Lipinski definition) is 2. The van der Waals surface area contributed by atoms with Crippen LogP contribution in [0.3, 0.4) is 0 Å². The number of rotatable bonds is 3. The van der Waals surface area contributed by atoms with Gasteiger partial charge in [-0.2, -0.15) is 0 Å². The van der Waals surface area contributed by atoms with E-state index in [1.165, 1.54) is 24.3 Å². The van der Waals surface area contributed by atoms with Crippen LogP contribution in [-0.2, 0) is 9.59 Å². The average molecular weight is 422 g/mol. The van der Waals surface area contributed by atoms with Gasteiger partial charge >= 0.3 is 6.03 Å². The van der Waals surface area contributed by atoms with Gasteiger partial charge in [0.1, 0.15) is 11.3 Å². The Morgan fingerprint density at radius 2 is 1.75 bits per heavy atom. The number of benzene rings is 2. The maximum absolute atomic E-state index is 12.7. The maximum Gasteiger partial charge on any atom is 0.335 e. The van der Waals surface area contributed by atoms with Crippen LogP contribution in [0.5, 0.6) is 5.75 Å². The number of aromatic hydroxyl groups is 1. The molecule has 142 valence electrons. The van der Waals surface area contributed by atoms with Crippen molar-refractivity contribution < 1.29 is 24.4 Å². The van der Waals surface area contributed by atoms with Crippen molar-refractivity contribution in [1.29, 1.82) is 0 Å². The summed E-state index contributed by atoms with van der Waals surface area (Å²) in [7, 11) is 0. The largest absolute Gasteiger partial charge is 0.506 e. The van der Waals surface area contributed by atoms with Crippen molar-refractivity contribution in [3.63, 3.8) is 0 Å². The molecule has 0 bridgehead atoms. The minimum Gasteiger partial charge on any atom is -0.506 e. The lowest BCUT2D eigenvalue weighted by molar-refractivity contribution is -0.384. The number of phenols is 1. The first kappa shape index (κ1) is 19.3. The summed E-state index contributed by atoms with van der Waals surface area (Å²) in [5.74, 6) is -2.38. The Kier molecular flexibility index (Phi) is 5.04. The second-order valence-corrected chi connectivity index (χ2v) is 6.40. The molecule has 4 amide bonds. The number of nitrogens with one attached hydrogen (secondary N) is 1. The van der Waals surface area contributed by atoms with Gasteiger partial charge in [-0.1, -0.05) is 23.2 Å². The van der Waals surface area contributed by atoms with E-state index in [1.807, 2.05) is 5.32 Å². The number of imide groups is 2. The first-order valence-electron chi connectivity index (χ1n) is 7.53. The highest BCUT2D eigenvalue weighted by Crippen LogP contribution is 2.33. The molecule has 3 rings (SSSR count). The molecule has 28 heavy (non-hydrogen) atoms. The highest BCUT2D eigenvalue weighted by molar-refractivity contribution is 6.39. The molecule has 2 aromatic rings. The Hall–Kier alpha value is -3.43. The fraction of sp³-hybridized carbons (Fsp3) is 0. The van der Waals surface area contributed by atoms with E-state index in [0.29, 0.717) is 4.90 Å². The lowest BCUT2D eigenvalue weighted by atomic mass is 10.1. The monoisotopic (exact) mass is 421 g/mol. The standard InChI is InChI=1S/C17H9Cl2N3O6/c18-9-5-8(14(23)13(19)7-9)6-12-15(24)20-17(26)21(16(12)25)10-1-3-11(4-2-10)22(27)28/h1-7,23H,(H,20,24,26)/b12-6+. The summed E-state index contributed by atoms with van der Waals surface area (Å²) in [6, 6.07) is 6.14. The normalized spacial score (nSPS) is 15.7. The van der Waals surface area contributed by atoms with Crippen LogP contribution in [0, 0.1) is 10.1 Å². The number of non-ortho nitro benzene ring substituents is 1. The molecule has 0 saturated carbocycles. The third kappa shape index (κ3) is 3.53. The van der Waals surface area contributed by atoms with Gasteiger partial charge in [0.15, 0.2) is 0 Å². The molecule has 0 aromatic heterocycles. The van der Waals surface area contributed by atoms with Gasteiger partial charge < -0.3 is 5.11 Å². The Bertz CT molecular complexity index is 1070. The van der Waals surface area contributed by atoms with E-state index in [1.54, 1.807) is 0 Å². The van der Waals surface area contributed by atoms with Gasteiger partial charge in [-0.15, -0.1) is 0 Å². The first-order valence-corrected chi connectivity index (χ1v) is 8.28. The minimum absolute atomic E-state index is 0.00556. The molecule has 0 radical (unpaired) electrons. The number of hydrogen-bond acceptors (Lipinski definition) is 6. The van der Waals surface area contributed by atoms with E-state index < -0.39 is 34.1 Å². The van der Waals surface area contributed by atoms with Crippen molar-refractivity contribution in [3.8, 4) is 5.75 Å². The molecule has 1 saturated heterocycles. The van der Waals surface area contributed by atoms with Gasteiger partial charge in [0.25, 0.3) is 17.5 Å². The van der Waals surface area contributed by atoms with Crippen molar-refractivity contribution in [1.82, 2.24) is 5.32 Å². The quantitative estimate of drug-likeness (QED) is 0.338. The summed E-state index contributed by atoms with van der Waals surface area (Å²) in [5, 5.41) is 22.8. The predicted octanol–water partition coefficient (Wildman–Crippen LogP) is 3.27. The van der Waals surface area contributed by atoms with Crippen LogP contribution in [0.2, 0.25) is 10.0 Å². The number of halogens is 2. The topological polar surface area (TPSA) is 130 Å². The maximum atomic E-state index is 12.7. The van der Waals surface area contributed by atoms with Crippen LogP contribution < -0.4 is 10.2 Å². The Morgan fingerprint density at radius 1 is 1.11 bits per heavy atom. The molecular formula is C17H9Cl2N3O6. The smallest absolute Gasteiger partial charge is 0.335 e. The van der Waals surface area contributed by atoms with Gasteiger partial charge in [-0.25, -0.2) is 9.69 Å². The third-order valence-corrected chi connectivity index (χ3v) is 4.28. The molecule has 0 aliphatic carbocycles. The predicted molar refractivity (Wildman–Crippen MR) is 100 cm³/mol. The van der Waals surface area contributed by atoms with Crippen molar-refractivity contribution in [2.45, 2.75) is 0 Å². The zero-order valence-corrected chi connectivity index (χ0v) is 15.2. The summed E-state index contributed by atoms with van der Waals surface area (Å²) < 4.78 is 0. The van der Waals surface area contributed by atoms with E-state index in [0.717, 1.165) is 18.2 Å². The Balaban J connectivity index is 2.04. The first-order chi connectivity index (χ1) is 13.2. The molecule has 0 atom stereocenters. The Labute approximate surface area is 166 Å². The van der Waals surface area contributed by atoms with E-state index in [9.17, 15) is 29.6 Å². The number of phenolic OH excluding ortho intramolecular Hbond substituents is 1. The zero-order chi connectivity index (χ0) is 20.6. The van der Waals surface area contributed by atoms with E-state index in [2.05, 4.69) is 0 Å². The minimum atomic E-state index is -1.02. The second-order valence-electron chi connectivity index (χ2n) is 5.56. The van der Waals surface area contributed by atoms with Crippen LogP contribution in [0.25, 0.3) is 6.08 Å². The Morgan fingerprint density at radius 3 is 2.36 bits per heavy atom. The van der Waals surface area contributed by atoms with E-state index in [4.69, 9.17) is 23.2 Å². The summed E-state index contributed by atoms with van der Waals surface area (Å²) >= 11 is 11.7. The van der Waals surface area contributed by atoms with Crippen LogP contribution in [0.15, 0.2) is 42.0 Å². The average Bonchev–Trinajstić information content (AvgIpc) is 2.62. The third-order valence-electron chi connectivity index (χ3n) is 3.78. The molecule has 1 fully saturated rings. The van der Waals surface area contributed by atoms with Crippen molar-refractivity contribution in [2.75, 3.05) is 4.90 Å². The lowest BCUT2D eigenvalue weighted by Crippen LogP contribution is -2.54. The second kappa shape index (κ2) is 7.29. The number of carbonyl (C=O) groups is 3. The summed E-state index contributed by atoms with van der Waals surface area (Å²) in [4.78, 5) is 47.8. The number of anilines is 1. The molecule has 2 N–H and O–H groups in total. The highest BCUT2D eigenvalue weighted by atomic mass is 35.5. The summed E-state index contributed by atoms with van der Waals surface area (Å²) in [5.41, 5.74) is -0.695. The van der Waals surface area contributed by atoms with Gasteiger partial charge in [-0.05, 0) is 30.3 Å². The van der Waals surface area contributed by atoms with Gasteiger partial charge in [0.05, 0.1) is 15.6 Å². The van der Waals surface area contributed by atoms with Gasteiger partial charge in [-0.3, -0.25) is 25.0 Å². The fourth-order valence-electron chi connectivity index (χ4n) is 2.47. The van der Waals surface area contributed by atoms with E-state index >= 15 is 0 Å². The molecule has 2 aromatic carbocycles. The van der Waals surface area contributed by atoms with E-state index in [-0.39, 0.29) is 27.0 Å². The number of amides is 4. The lowest BCUT2D eigenvalue weighted by Gasteiger charge is -2.26. The number of urea groups is 1. The van der Waals surface area contributed by atoms with Crippen molar-refractivity contribution >= 4 is 58.5 Å². The molecule has 11 heteroatoms. The molecule has 0 unspecified atom stereocenters. The number of nitro groups is 1. The molecule has 1 heterocycles. The SMILES string of the molecule is O=C1NC(=O)N(c2ccc([N+](=O)[O-])cc2)C(=O)/C1=C/c1cc(Cl)cc(Cl)c1O. The molecular weight excluding hydrogens is 413 g/mol. The van der Waals surface area contributed by atoms with Crippen LogP contribution >= 0.6 is 23.2 Å². The van der Waals surface area contributed by atoms with Crippen molar-refractivity contribution in [2.24, 2.45) is 0 Å². The number of nitro benzene ring substituents is 1. The summed E-state index contributed by atoms with van der Waals surface area (Å²) in [6.45, 7) is 0. The van der Waals surface area contributed by atoms with Crippen LogP contribution in [0.4, 0.5) is 16.2 Å². The van der Waals surface area contributed by atoms with Gasteiger partial charge in [0, 0.05) is 22.7 Å². The number of barbiturate groups is 1. The van der Waals surface area contributed by atoms with Crippen molar-refractivity contribution in [3.05, 3.63) is 67.7 Å². The number of nitrogens with zero attached hydrogens (tertiary/aromatic N) is 2. The summed E-state index contributed by atoms with van der Waals surface area (Å²) in [6.07, 6.45) is 1.04. The molecule has 0 spiro atoms. The molecule has 1 aliphatic rings. The molecule has 1 aliphatic heterocycles. The van der Waals surface area contributed by atoms with Crippen LogP contribution in [0.1, 0.15) is 5.56 Å². The molecule has 9 nitrogen and oxygen atoms in total. The fourth-order valence-corrected chi connectivity index (χ4v) is 2.98. The highest BCUT2D eigenvalue weighted by Gasteiger charge is 2.37.